The third kappa shape index (κ3) is 4.49. The Hall–Kier alpha value is -0.120. The van der Waals surface area contributed by atoms with Gasteiger partial charge >= 0.3 is 0 Å². The maximum atomic E-state index is 5.21. The molecule has 0 saturated carbocycles. The van der Waals surface area contributed by atoms with Gasteiger partial charge in [-0.1, -0.05) is 6.92 Å². The summed E-state index contributed by atoms with van der Waals surface area (Å²) in [5, 5.41) is 3.49. The maximum Gasteiger partial charge on any atom is 0.0503 e. The number of rotatable bonds is 7. The van der Waals surface area contributed by atoms with E-state index >= 15 is 0 Å². The first-order valence-electron chi connectivity index (χ1n) is 6.21. The predicted molar refractivity (Wildman–Crippen MR) is 64.2 cm³/mol. The van der Waals surface area contributed by atoms with Gasteiger partial charge in [0.1, 0.15) is 0 Å². The molecule has 0 aliphatic carbocycles. The van der Waals surface area contributed by atoms with Crippen LogP contribution >= 0.6 is 0 Å². The summed E-state index contributed by atoms with van der Waals surface area (Å²) in [5.74, 6) is 0.753. The van der Waals surface area contributed by atoms with Gasteiger partial charge in [-0.15, -0.1) is 0 Å². The Morgan fingerprint density at radius 2 is 2.33 bits per heavy atom. The molecule has 1 heterocycles. The van der Waals surface area contributed by atoms with Gasteiger partial charge in [-0.25, -0.2) is 0 Å². The Kier molecular flexibility index (Phi) is 6.22. The fourth-order valence-electron chi connectivity index (χ4n) is 2.25. The van der Waals surface area contributed by atoms with E-state index in [2.05, 4.69) is 24.1 Å². The van der Waals surface area contributed by atoms with Crippen LogP contribution in [0.2, 0.25) is 0 Å². The summed E-state index contributed by atoms with van der Waals surface area (Å²) in [6, 6.07) is 0.665. The summed E-state index contributed by atoms with van der Waals surface area (Å²) >= 11 is 0. The quantitative estimate of drug-likeness (QED) is 0.647. The lowest BCUT2D eigenvalue weighted by molar-refractivity contribution is 0.148. The Balaban J connectivity index is 2.15. The molecular formula is C12H26N2O. The molecule has 0 bridgehead atoms. The number of methoxy groups -OCH3 is 1. The molecule has 1 N–H and O–H groups in total. The summed E-state index contributed by atoms with van der Waals surface area (Å²) in [4.78, 5) is 2.58. The first-order valence-corrected chi connectivity index (χ1v) is 6.21. The fraction of sp³-hybridized carbons (Fsp3) is 1.00. The van der Waals surface area contributed by atoms with Gasteiger partial charge in [-0.05, 0) is 38.8 Å². The smallest absolute Gasteiger partial charge is 0.0503 e. The van der Waals surface area contributed by atoms with E-state index in [1.54, 1.807) is 7.11 Å². The number of hydrogen-bond acceptors (Lipinski definition) is 3. The first kappa shape index (κ1) is 12.9. The average Bonchev–Trinajstić information content (AvgIpc) is 2.67. The summed E-state index contributed by atoms with van der Waals surface area (Å²) in [6.45, 7) is 10.2. The zero-order valence-electron chi connectivity index (χ0n) is 10.5. The van der Waals surface area contributed by atoms with Crippen molar-refractivity contribution in [2.24, 2.45) is 5.92 Å². The van der Waals surface area contributed by atoms with Gasteiger partial charge in [0.05, 0.1) is 6.61 Å². The second-order valence-corrected chi connectivity index (χ2v) is 4.66. The number of nitrogens with one attached hydrogen (secondary N) is 1. The van der Waals surface area contributed by atoms with Gasteiger partial charge in [0, 0.05) is 26.2 Å². The van der Waals surface area contributed by atoms with Crippen LogP contribution in [-0.2, 0) is 4.74 Å². The average molecular weight is 214 g/mol. The summed E-state index contributed by atoms with van der Waals surface area (Å²) < 4.78 is 5.21. The van der Waals surface area contributed by atoms with Crippen molar-refractivity contribution in [3.63, 3.8) is 0 Å². The molecule has 0 aromatic heterocycles. The molecule has 2 atom stereocenters. The Morgan fingerprint density at radius 1 is 1.53 bits per heavy atom. The number of likely N-dealkylation sites (tertiary alicyclic amines) is 1. The molecule has 0 radical (unpaired) electrons. The lowest BCUT2D eigenvalue weighted by Gasteiger charge is -2.24. The van der Waals surface area contributed by atoms with Crippen molar-refractivity contribution in [1.29, 1.82) is 0 Å². The second kappa shape index (κ2) is 7.20. The molecular weight excluding hydrogens is 188 g/mol. The minimum Gasteiger partial charge on any atom is -0.384 e. The predicted octanol–water partition coefficient (Wildman–Crippen LogP) is 1.34. The van der Waals surface area contributed by atoms with E-state index in [1.165, 1.54) is 25.9 Å². The van der Waals surface area contributed by atoms with Crippen molar-refractivity contribution < 1.29 is 4.74 Å². The molecule has 1 rings (SSSR count). The van der Waals surface area contributed by atoms with Crippen LogP contribution < -0.4 is 5.32 Å². The van der Waals surface area contributed by atoms with Gasteiger partial charge in [0.15, 0.2) is 0 Å². The van der Waals surface area contributed by atoms with Gasteiger partial charge in [0.2, 0.25) is 0 Å². The van der Waals surface area contributed by atoms with E-state index in [0.29, 0.717) is 6.04 Å². The normalized spacial score (nSPS) is 24.6. The fourth-order valence-corrected chi connectivity index (χ4v) is 2.25. The van der Waals surface area contributed by atoms with Crippen molar-refractivity contribution in [3.05, 3.63) is 0 Å². The van der Waals surface area contributed by atoms with Crippen LogP contribution in [0.15, 0.2) is 0 Å². The highest BCUT2D eigenvalue weighted by molar-refractivity contribution is 4.80. The Labute approximate surface area is 94.2 Å². The molecule has 90 valence electrons. The van der Waals surface area contributed by atoms with Crippen molar-refractivity contribution in [3.8, 4) is 0 Å². The number of hydrogen-bond donors (Lipinski definition) is 1. The van der Waals surface area contributed by atoms with E-state index < -0.39 is 0 Å². The first-order chi connectivity index (χ1) is 7.27. The van der Waals surface area contributed by atoms with Crippen LogP contribution in [0.3, 0.4) is 0 Å². The molecule has 2 unspecified atom stereocenters. The summed E-state index contributed by atoms with van der Waals surface area (Å²) in [6.07, 6.45) is 2.52. The van der Waals surface area contributed by atoms with Gasteiger partial charge < -0.3 is 10.1 Å². The highest BCUT2D eigenvalue weighted by Gasteiger charge is 2.25. The number of ether oxygens (including phenoxy) is 1. The van der Waals surface area contributed by atoms with E-state index in [-0.39, 0.29) is 0 Å². The Bertz CT molecular complexity index is 164. The van der Waals surface area contributed by atoms with Crippen LogP contribution in [0.1, 0.15) is 26.7 Å². The lowest BCUT2D eigenvalue weighted by atomic mass is 10.1. The third-order valence-corrected chi connectivity index (χ3v) is 3.21. The lowest BCUT2D eigenvalue weighted by Crippen LogP contribution is -2.39. The maximum absolute atomic E-state index is 5.21. The molecule has 3 nitrogen and oxygen atoms in total. The van der Waals surface area contributed by atoms with Gasteiger partial charge in [-0.2, -0.15) is 0 Å². The van der Waals surface area contributed by atoms with Crippen LogP contribution in [0, 0.1) is 5.92 Å². The highest BCUT2D eigenvalue weighted by Crippen LogP contribution is 2.18. The second-order valence-electron chi connectivity index (χ2n) is 4.66. The molecule has 0 spiro atoms. The third-order valence-electron chi connectivity index (χ3n) is 3.21. The Morgan fingerprint density at radius 3 is 3.00 bits per heavy atom. The number of nitrogens with zero attached hydrogens (tertiary/aromatic N) is 1. The largest absolute Gasteiger partial charge is 0.384 e. The standard InChI is InChI=1S/C12H26N2O/c1-4-6-13-8-11(2)14-7-5-12(9-14)10-15-3/h11-13H,4-10H2,1-3H3. The molecule has 1 aliphatic heterocycles. The van der Waals surface area contributed by atoms with E-state index in [4.69, 9.17) is 4.74 Å². The van der Waals surface area contributed by atoms with Crippen LogP contribution in [0.25, 0.3) is 0 Å². The molecule has 1 aliphatic rings. The topological polar surface area (TPSA) is 24.5 Å². The molecule has 1 fully saturated rings. The SMILES string of the molecule is CCCNCC(C)N1CCC(COC)C1. The molecule has 1 saturated heterocycles. The van der Waals surface area contributed by atoms with Crippen LogP contribution in [0.5, 0.6) is 0 Å². The molecule has 15 heavy (non-hydrogen) atoms. The molecule has 0 aromatic carbocycles. The summed E-state index contributed by atoms with van der Waals surface area (Å²) in [7, 11) is 1.80. The zero-order chi connectivity index (χ0) is 11.1. The van der Waals surface area contributed by atoms with Crippen molar-refractivity contribution in [1.82, 2.24) is 10.2 Å². The monoisotopic (exact) mass is 214 g/mol. The van der Waals surface area contributed by atoms with Crippen molar-refractivity contribution in [2.45, 2.75) is 32.7 Å². The van der Waals surface area contributed by atoms with E-state index in [9.17, 15) is 0 Å². The minimum atomic E-state index is 0.665. The molecule has 0 amide bonds. The molecule has 3 heteroatoms. The highest BCUT2D eigenvalue weighted by atomic mass is 16.5. The minimum absolute atomic E-state index is 0.665. The van der Waals surface area contributed by atoms with E-state index in [0.717, 1.165) is 25.6 Å². The van der Waals surface area contributed by atoms with Crippen LogP contribution in [-0.4, -0.2) is 50.8 Å². The van der Waals surface area contributed by atoms with Gasteiger partial charge in [-0.3, -0.25) is 4.90 Å². The van der Waals surface area contributed by atoms with Crippen molar-refractivity contribution >= 4 is 0 Å². The van der Waals surface area contributed by atoms with E-state index in [1.807, 2.05) is 0 Å². The molecule has 0 aromatic rings. The van der Waals surface area contributed by atoms with Gasteiger partial charge in [0.25, 0.3) is 0 Å². The van der Waals surface area contributed by atoms with Crippen LogP contribution in [0.4, 0.5) is 0 Å². The van der Waals surface area contributed by atoms with Crippen molar-refractivity contribution in [2.75, 3.05) is 39.9 Å². The zero-order valence-corrected chi connectivity index (χ0v) is 10.5. The summed E-state index contributed by atoms with van der Waals surface area (Å²) in [5.41, 5.74) is 0.